The van der Waals surface area contributed by atoms with Gasteiger partial charge in [0.2, 0.25) is 0 Å². The zero-order chi connectivity index (χ0) is 22.8. The zero-order valence-electron chi connectivity index (χ0n) is 20.0. The first-order valence-corrected chi connectivity index (χ1v) is 14.1. The first-order chi connectivity index (χ1) is 15.6. The fourth-order valence-corrected chi connectivity index (χ4v) is 6.86. The number of aromatic nitrogens is 1. The SMILES string of the molecule is CCCCCCCCCCCCC[C@H]1C(Sc2nc3ccccc3s2)=C(C)O[C@@H]1C(C)=O. The van der Waals surface area contributed by atoms with Crippen molar-refractivity contribution in [3.05, 3.63) is 34.9 Å². The number of Topliss-reactive ketones (excluding diaryl/α,β-unsaturated/α-hetero) is 1. The minimum atomic E-state index is -0.324. The van der Waals surface area contributed by atoms with Gasteiger partial charge in [0, 0.05) is 10.8 Å². The molecular formula is C27H39NO2S2. The molecule has 3 nitrogen and oxygen atoms in total. The van der Waals surface area contributed by atoms with Gasteiger partial charge in [-0.3, -0.25) is 4.79 Å². The largest absolute Gasteiger partial charge is 0.486 e. The number of allylic oxidation sites excluding steroid dienone is 1. The molecule has 0 spiro atoms. The smallest absolute Gasteiger partial charge is 0.170 e. The van der Waals surface area contributed by atoms with Gasteiger partial charge in [-0.2, -0.15) is 0 Å². The number of thioether (sulfide) groups is 1. The average Bonchev–Trinajstić information content (AvgIpc) is 3.33. The summed E-state index contributed by atoms with van der Waals surface area (Å²) in [6.45, 7) is 5.94. The lowest BCUT2D eigenvalue weighted by molar-refractivity contribution is -0.126. The Kier molecular flexibility index (Phi) is 10.6. The minimum Gasteiger partial charge on any atom is -0.486 e. The van der Waals surface area contributed by atoms with Gasteiger partial charge in [0.05, 0.1) is 10.2 Å². The van der Waals surface area contributed by atoms with Gasteiger partial charge in [-0.1, -0.05) is 101 Å². The number of thiazole rings is 1. The highest BCUT2D eigenvalue weighted by Gasteiger charge is 2.38. The van der Waals surface area contributed by atoms with Crippen molar-refractivity contribution in [2.45, 2.75) is 108 Å². The molecule has 2 atom stereocenters. The number of carbonyl (C=O) groups excluding carboxylic acids is 1. The Morgan fingerprint density at radius 1 is 1.00 bits per heavy atom. The van der Waals surface area contributed by atoms with Crippen molar-refractivity contribution in [1.29, 1.82) is 0 Å². The van der Waals surface area contributed by atoms with E-state index in [1.165, 1.54) is 73.8 Å². The number of hydrogen-bond acceptors (Lipinski definition) is 5. The van der Waals surface area contributed by atoms with Gasteiger partial charge >= 0.3 is 0 Å². The first kappa shape index (κ1) is 25.3. The normalized spacial score (nSPS) is 18.5. The maximum Gasteiger partial charge on any atom is 0.170 e. The average molecular weight is 474 g/mol. The summed E-state index contributed by atoms with van der Waals surface area (Å²) in [5.41, 5.74) is 1.04. The Morgan fingerprint density at radius 3 is 2.25 bits per heavy atom. The van der Waals surface area contributed by atoms with Crippen molar-refractivity contribution < 1.29 is 9.53 Å². The predicted octanol–water partition coefficient (Wildman–Crippen LogP) is 8.93. The topological polar surface area (TPSA) is 39.2 Å². The van der Waals surface area contributed by atoms with Crippen LogP contribution in [-0.4, -0.2) is 16.9 Å². The second-order valence-corrected chi connectivity index (χ2v) is 11.4. The van der Waals surface area contributed by atoms with E-state index >= 15 is 0 Å². The molecule has 0 radical (unpaired) electrons. The molecule has 2 aromatic rings. The van der Waals surface area contributed by atoms with Crippen LogP contribution in [0.15, 0.2) is 39.3 Å². The highest BCUT2D eigenvalue weighted by molar-refractivity contribution is 8.04. The molecule has 1 aromatic heterocycles. The molecule has 0 fully saturated rings. The number of hydrogen-bond donors (Lipinski definition) is 0. The van der Waals surface area contributed by atoms with E-state index in [0.717, 1.165) is 28.5 Å². The molecule has 0 aliphatic carbocycles. The van der Waals surface area contributed by atoms with E-state index in [1.54, 1.807) is 30.0 Å². The third kappa shape index (κ3) is 7.34. The Bertz CT molecular complexity index is 856. The number of unbranched alkanes of at least 4 members (excludes halogenated alkanes) is 10. The highest BCUT2D eigenvalue weighted by atomic mass is 32.2. The zero-order valence-corrected chi connectivity index (χ0v) is 21.7. The third-order valence-electron chi connectivity index (χ3n) is 6.34. The van der Waals surface area contributed by atoms with Crippen LogP contribution in [0.5, 0.6) is 0 Å². The van der Waals surface area contributed by atoms with Crippen LogP contribution in [0.3, 0.4) is 0 Å². The molecule has 5 heteroatoms. The van der Waals surface area contributed by atoms with Gasteiger partial charge in [0.15, 0.2) is 16.2 Å². The van der Waals surface area contributed by atoms with E-state index in [4.69, 9.17) is 9.72 Å². The molecule has 0 unspecified atom stereocenters. The van der Waals surface area contributed by atoms with Crippen LogP contribution in [0.25, 0.3) is 10.2 Å². The lowest BCUT2D eigenvalue weighted by atomic mass is 9.93. The molecular weight excluding hydrogens is 434 g/mol. The van der Waals surface area contributed by atoms with Crippen molar-refractivity contribution in [2.24, 2.45) is 5.92 Å². The van der Waals surface area contributed by atoms with Crippen molar-refractivity contribution in [3.8, 4) is 0 Å². The number of ketones is 1. The van der Waals surface area contributed by atoms with E-state index < -0.39 is 0 Å². The molecule has 0 amide bonds. The van der Waals surface area contributed by atoms with Crippen molar-refractivity contribution >= 4 is 39.1 Å². The van der Waals surface area contributed by atoms with Gasteiger partial charge < -0.3 is 4.74 Å². The van der Waals surface area contributed by atoms with Crippen LogP contribution in [0.1, 0.15) is 97.8 Å². The van der Waals surface area contributed by atoms with Crippen LogP contribution in [0, 0.1) is 5.92 Å². The molecule has 32 heavy (non-hydrogen) atoms. The number of carbonyl (C=O) groups is 1. The van der Waals surface area contributed by atoms with Crippen molar-refractivity contribution in [1.82, 2.24) is 4.98 Å². The second kappa shape index (κ2) is 13.4. The summed E-state index contributed by atoms with van der Waals surface area (Å²) in [6.07, 6.45) is 15.4. The molecule has 0 N–H and O–H groups in total. The summed E-state index contributed by atoms with van der Waals surface area (Å²) in [7, 11) is 0. The van der Waals surface area contributed by atoms with Crippen molar-refractivity contribution in [2.75, 3.05) is 0 Å². The molecule has 1 aliphatic heterocycles. The lowest BCUT2D eigenvalue weighted by Gasteiger charge is -2.18. The first-order valence-electron chi connectivity index (χ1n) is 12.5. The molecule has 3 rings (SSSR count). The molecule has 1 aromatic carbocycles. The third-order valence-corrected chi connectivity index (χ3v) is 8.75. The molecule has 0 bridgehead atoms. The van der Waals surface area contributed by atoms with Crippen molar-refractivity contribution in [3.63, 3.8) is 0 Å². The van der Waals surface area contributed by atoms with Crippen LogP contribution in [-0.2, 0) is 9.53 Å². The van der Waals surface area contributed by atoms with Crippen LogP contribution in [0.4, 0.5) is 0 Å². The summed E-state index contributed by atoms with van der Waals surface area (Å²) in [4.78, 5) is 18.3. The number of ether oxygens (including phenoxy) is 1. The Morgan fingerprint density at radius 2 is 1.62 bits per heavy atom. The second-order valence-electron chi connectivity index (χ2n) is 9.05. The van der Waals surface area contributed by atoms with E-state index in [2.05, 4.69) is 25.1 Å². The number of nitrogens with zero attached hydrogens (tertiary/aromatic N) is 1. The van der Waals surface area contributed by atoms with E-state index in [0.29, 0.717) is 0 Å². The molecule has 1 aliphatic rings. The molecule has 2 heterocycles. The number of rotatable bonds is 15. The number of para-hydroxylation sites is 1. The fourth-order valence-electron chi connectivity index (χ4n) is 4.54. The van der Waals surface area contributed by atoms with Gasteiger partial charge in [-0.25, -0.2) is 4.98 Å². The molecule has 0 saturated heterocycles. The van der Waals surface area contributed by atoms with Gasteiger partial charge in [0.25, 0.3) is 0 Å². The van der Waals surface area contributed by atoms with Gasteiger partial charge in [0.1, 0.15) is 5.76 Å². The molecule has 0 saturated carbocycles. The summed E-state index contributed by atoms with van der Waals surface area (Å²) in [5, 5.41) is 0. The predicted molar refractivity (Wildman–Crippen MR) is 138 cm³/mol. The summed E-state index contributed by atoms with van der Waals surface area (Å²) in [6, 6.07) is 8.26. The maximum absolute atomic E-state index is 12.3. The fraction of sp³-hybridized carbons (Fsp3) is 0.630. The highest BCUT2D eigenvalue weighted by Crippen LogP contribution is 2.46. The number of benzene rings is 1. The van der Waals surface area contributed by atoms with Gasteiger partial charge in [-0.05, 0) is 32.4 Å². The summed E-state index contributed by atoms with van der Waals surface area (Å²) < 4.78 is 8.28. The quantitative estimate of drug-likeness (QED) is 0.242. The van der Waals surface area contributed by atoms with Crippen LogP contribution in [0.2, 0.25) is 0 Å². The monoisotopic (exact) mass is 473 g/mol. The van der Waals surface area contributed by atoms with Crippen LogP contribution < -0.4 is 0 Å². The standard InChI is InChI=1S/C27H39NO2S2/c1-4-5-6-7-8-9-10-11-12-13-14-17-22-25(20(2)29)30-21(3)26(22)32-27-28-23-18-15-16-19-24(23)31-27/h15-16,18-19,22,25H,4-14,17H2,1-3H3/t22-,25-/m1/s1. The summed E-state index contributed by atoms with van der Waals surface area (Å²) >= 11 is 3.43. The minimum absolute atomic E-state index is 0.136. The van der Waals surface area contributed by atoms with E-state index in [-0.39, 0.29) is 17.8 Å². The Labute approximate surface area is 202 Å². The lowest BCUT2D eigenvalue weighted by Crippen LogP contribution is -2.26. The Balaban J connectivity index is 1.45. The number of fused-ring (bicyclic) bond motifs is 1. The summed E-state index contributed by atoms with van der Waals surface area (Å²) in [5.74, 6) is 1.21. The maximum atomic E-state index is 12.3. The molecule has 176 valence electrons. The van der Waals surface area contributed by atoms with Gasteiger partial charge in [-0.15, -0.1) is 11.3 Å². The van der Waals surface area contributed by atoms with E-state index in [9.17, 15) is 4.79 Å². The Hall–Kier alpha value is -1.33. The van der Waals surface area contributed by atoms with Crippen LogP contribution >= 0.6 is 23.1 Å². The van der Waals surface area contributed by atoms with E-state index in [1.807, 2.05) is 13.0 Å².